The third-order valence-corrected chi connectivity index (χ3v) is 4.56. The van der Waals surface area contributed by atoms with Crippen LogP contribution >= 0.6 is 0 Å². The number of amides is 3. The minimum absolute atomic E-state index is 0.146. The summed E-state index contributed by atoms with van der Waals surface area (Å²) in [5.41, 5.74) is 2.63. The number of benzene rings is 2. The normalized spacial score (nSPS) is 13.3. The molecule has 1 aliphatic heterocycles. The van der Waals surface area contributed by atoms with Crippen LogP contribution < -0.4 is 5.32 Å². The molecule has 0 aliphatic carbocycles. The number of fused-ring (bicyclic) bond motifs is 2. The van der Waals surface area contributed by atoms with Gasteiger partial charge in [-0.3, -0.25) is 19.3 Å². The molecule has 7 nitrogen and oxygen atoms in total. The van der Waals surface area contributed by atoms with Crippen molar-refractivity contribution >= 4 is 28.8 Å². The van der Waals surface area contributed by atoms with Gasteiger partial charge in [0.25, 0.3) is 11.8 Å². The molecule has 0 radical (unpaired) electrons. The van der Waals surface area contributed by atoms with E-state index in [4.69, 9.17) is 0 Å². The zero-order valence-electron chi connectivity index (χ0n) is 14.6. The number of nitrogens with one attached hydrogen (secondary N) is 2. The molecule has 0 spiro atoms. The van der Waals surface area contributed by atoms with E-state index in [9.17, 15) is 14.4 Å². The SMILES string of the molecule is O=C(CCCN1C(=O)c2ccccc2C1=O)NCc1nc2ccccc2[nH]1. The number of aromatic nitrogens is 2. The number of nitrogens with zero attached hydrogens (tertiary/aromatic N) is 2. The summed E-state index contributed by atoms with van der Waals surface area (Å²) >= 11 is 0. The molecular formula is C20H18N4O3. The van der Waals surface area contributed by atoms with Crippen molar-refractivity contribution in [2.45, 2.75) is 19.4 Å². The monoisotopic (exact) mass is 362 g/mol. The van der Waals surface area contributed by atoms with E-state index in [0.717, 1.165) is 11.0 Å². The lowest BCUT2D eigenvalue weighted by Crippen LogP contribution is -2.32. The van der Waals surface area contributed by atoms with Crippen LogP contribution in [-0.2, 0) is 11.3 Å². The van der Waals surface area contributed by atoms with Crippen LogP contribution in [-0.4, -0.2) is 39.1 Å². The van der Waals surface area contributed by atoms with Gasteiger partial charge in [0, 0.05) is 13.0 Å². The number of rotatable bonds is 6. The maximum atomic E-state index is 12.3. The van der Waals surface area contributed by atoms with E-state index in [1.165, 1.54) is 4.90 Å². The van der Waals surface area contributed by atoms with Crippen molar-refractivity contribution in [2.24, 2.45) is 0 Å². The predicted molar refractivity (Wildman–Crippen MR) is 99.0 cm³/mol. The lowest BCUT2D eigenvalue weighted by molar-refractivity contribution is -0.121. The lowest BCUT2D eigenvalue weighted by Gasteiger charge is -2.13. The Morgan fingerprint density at radius 3 is 2.37 bits per heavy atom. The smallest absolute Gasteiger partial charge is 0.261 e. The van der Waals surface area contributed by atoms with Crippen molar-refractivity contribution in [3.63, 3.8) is 0 Å². The van der Waals surface area contributed by atoms with Gasteiger partial charge in [-0.15, -0.1) is 0 Å². The molecule has 0 saturated heterocycles. The highest BCUT2D eigenvalue weighted by molar-refractivity contribution is 6.21. The summed E-state index contributed by atoms with van der Waals surface area (Å²) in [4.78, 5) is 45.3. The Bertz CT molecular complexity index is 972. The van der Waals surface area contributed by atoms with Crippen LogP contribution in [0.2, 0.25) is 0 Å². The highest BCUT2D eigenvalue weighted by Gasteiger charge is 2.34. The molecule has 1 aliphatic rings. The van der Waals surface area contributed by atoms with Gasteiger partial charge < -0.3 is 10.3 Å². The third kappa shape index (κ3) is 3.31. The molecule has 0 fully saturated rings. The number of carbonyl (C=O) groups is 3. The van der Waals surface area contributed by atoms with Crippen molar-refractivity contribution in [3.8, 4) is 0 Å². The fourth-order valence-electron chi connectivity index (χ4n) is 3.20. The van der Waals surface area contributed by atoms with E-state index in [-0.39, 0.29) is 30.7 Å². The first-order chi connectivity index (χ1) is 13.1. The number of imidazole rings is 1. The fraction of sp³-hybridized carbons (Fsp3) is 0.200. The van der Waals surface area contributed by atoms with Gasteiger partial charge in [0.2, 0.25) is 5.91 Å². The molecule has 27 heavy (non-hydrogen) atoms. The summed E-state index contributed by atoms with van der Waals surface area (Å²) in [5.74, 6) is -0.0477. The number of H-pyrrole nitrogens is 1. The van der Waals surface area contributed by atoms with Gasteiger partial charge in [-0.25, -0.2) is 4.98 Å². The first-order valence-corrected chi connectivity index (χ1v) is 8.79. The zero-order valence-corrected chi connectivity index (χ0v) is 14.6. The number of imide groups is 1. The quantitative estimate of drug-likeness (QED) is 0.658. The van der Waals surface area contributed by atoms with Crippen LogP contribution in [0.1, 0.15) is 39.4 Å². The Morgan fingerprint density at radius 1 is 1.00 bits per heavy atom. The second-order valence-corrected chi connectivity index (χ2v) is 6.39. The van der Waals surface area contributed by atoms with Crippen LogP contribution in [0.3, 0.4) is 0 Å². The average molecular weight is 362 g/mol. The maximum absolute atomic E-state index is 12.3. The maximum Gasteiger partial charge on any atom is 0.261 e. The minimum Gasteiger partial charge on any atom is -0.349 e. The number of hydrogen-bond acceptors (Lipinski definition) is 4. The largest absolute Gasteiger partial charge is 0.349 e. The average Bonchev–Trinajstić information content (AvgIpc) is 3.21. The number of aromatic amines is 1. The van der Waals surface area contributed by atoms with E-state index in [1.807, 2.05) is 24.3 Å². The van der Waals surface area contributed by atoms with Gasteiger partial charge >= 0.3 is 0 Å². The Kier molecular flexibility index (Phi) is 4.42. The molecule has 7 heteroatoms. The summed E-state index contributed by atoms with van der Waals surface area (Å²) in [6.07, 6.45) is 0.644. The first-order valence-electron chi connectivity index (χ1n) is 8.79. The molecule has 4 rings (SSSR count). The van der Waals surface area contributed by atoms with Crippen molar-refractivity contribution < 1.29 is 14.4 Å². The van der Waals surface area contributed by atoms with Crippen LogP contribution in [0.4, 0.5) is 0 Å². The van der Waals surface area contributed by atoms with Crippen molar-refractivity contribution in [2.75, 3.05) is 6.54 Å². The van der Waals surface area contributed by atoms with E-state index in [2.05, 4.69) is 15.3 Å². The second-order valence-electron chi connectivity index (χ2n) is 6.39. The van der Waals surface area contributed by atoms with Gasteiger partial charge in [0.1, 0.15) is 5.82 Å². The predicted octanol–water partition coefficient (Wildman–Crippen LogP) is 2.26. The summed E-state index contributed by atoms with van der Waals surface area (Å²) in [6.45, 7) is 0.533. The fourth-order valence-corrected chi connectivity index (χ4v) is 3.20. The van der Waals surface area contributed by atoms with E-state index < -0.39 is 0 Å². The van der Waals surface area contributed by atoms with Crippen LogP contribution in [0.5, 0.6) is 0 Å². The van der Waals surface area contributed by atoms with Crippen molar-refractivity contribution in [3.05, 3.63) is 65.5 Å². The molecule has 1 aromatic heterocycles. The molecule has 2 aromatic carbocycles. The summed E-state index contributed by atoms with van der Waals surface area (Å²) in [6, 6.07) is 14.4. The van der Waals surface area contributed by atoms with E-state index >= 15 is 0 Å². The topological polar surface area (TPSA) is 95.2 Å². The lowest BCUT2D eigenvalue weighted by atomic mass is 10.1. The molecule has 3 amide bonds. The van der Waals surface area contributed by atoms with Gasteiger partial charge in [-0.05, 0) is 30.7 Å². The molecule has 136 valence electrons. The number of carbonyl (C=O) groups excluding carboxylic acids is 3. The summed E-state index contributed by atoms with van der Waals surface area (Å²) in [5, 5.41) is 2.80. The molecule has 2 heterocycles. The summed E-state index contributed by atoms with van der Waals surface area (Å²) in [7, 11) is 0. The molecule has 2 N–H and O–H groups in total. The first kappa shape index (κ1) is 17.0. The minimum atomic E-state index is -0.293. The van der Waals surface area contributed by atoms with Crippen molar-refractivity contribution in [1.29, 1.82) is 0 Å². The summed E-state index contributed by atoms with van der Waals surface area (Å²) < 4.78 is 0. The number of hydrogen-bond donors (Lipinski definition) is 2. The van der Waals surface area contributed by atoms with Crippen molar-refractivity contribution in [1.82, 2.24) is 20.2 Å². The van der Waals surface area contributed by atoms with Crippen LogP contribution in [0.25, 0.3) is 11.0 Å². The second kappa shape index (κ2) is 7.03. The van der Waals surface area contributed by atoms with Gasteiger partial charge in [-0.2, -0.15) is 0 Å². The van der Waals surface area contributed by atoms with E-state index in [1.54, 1.807) is 24.3 Å². The molecule has 0 atom stereocenters. The highest BCUT2D eigenvalue weighted by Crippen LogP contribution is 2.22. The Balaban J connectivity index is 1.26. The zero-order chi connectivity index (χ0) is 18.8. The molecule has 0 bridgehead atoms. The highest BCUT2D eigenvalue weighted by atomic mass is 16.2. The van der Waals surface area contributed by atoms with Gasteiger partial charge in [0.05, 0.1) is 28.7 Å². The molecule has 0 saturated carbocycles. The number of para-hydroxylation sites is 2. The van der Waals surface area contributed by atoms with E-state index in [0.29, 0.717) is 29.9 Å². The molecule has 3 aromatic rings. The van der Waals surface area contributed by atoms with Crippen LogP contribution in [0, 0.1) is 0 Å². The Hall–Kier alpha value is -3.48. The third-order valence-electron chi connectivity index (χ3n) is 4.56. The van der Waals surface area contributed by atoms with Crippen LogP contribution in [0.15, 0.2) is 48.5 Å². The molecular weight excluding hydrogens is 344 g/mol. The standard InChI is InChI=1S/C20H18N4O3/c25-18(21-12-17-22-15-8-3-4-9-16(15)23-17)10-5-11-24-19(26)13-6-1-2-7-14(13)20(24)27/h1-4,6-9H,5,10-12H2,(H,21,25)(H,22,23). The van der Waals surface area contributed by atoms with Gasteiger partial charge in [-0.1, -0.05) is 24.3 Å². The Morgan fingerprint density at radius 2 is 1.67 bits per heavy atom. The van der Waals surface area contributed by atoms with Gasteiger partial charge in [0.15, 0.2) is 0 Å². The Labute approximate surface area is 155 Å². The molecule has 0 unspecified atom stereocenters.